The van der Waals surface area contributed by atoms with Gasteiger partial charge in [0.1, 0.15) is 11.8 Å². The van der Waals surface area contributed by atoms with E-state index in [1.54, 1.807) is 31.3 Å². The first kappa shape index (κ1) is 29.2. The average molecular weight is 553 g/mol. The first-order chi connectivity index (χ1) is 20.1. The van der Waals surface area contributed by atoms with Crippen molar-refractivity contribution in [2.75, 3.05) is 27.4 Å². The Morgan fingerprint density at radius 1 is 0.732 bits per heavy atom. The van der Waals surface area contributed by atoms with E-state index >= 15 is 0 Å². The van der Waals surface area contributed by atoms with E-state index in [-0.39, 0.29) is 25.0 Å². The van der Waals surface area contributed by atoms with Crippen molar-refractivity contribution in [1.82, 2.24) is 10.2 Å². The summed E-state index contributed by atoms with van der Waals surface area (Å²) < 4.78 is 16.5. The van der Waals surface area contributed by atoms with Crippen molar-refractivity contribution in [2.24, 2.45) is 0 Å². The van der Waals surface area contributed by atoms with Gasteiger partial charge in [0.05, 0.1) is 14.2 Å². The molecule has 0 fully saturated rings. The topological polar surface area (TPSA) is 77.1 Å². The Morgan fingerprint density at radius 2 is 1.34 bits per heavy atom. The summed E-state index contributed by atoms with van der Waals surface area (Å²) in [5.41, 5.74) is 2.88. The van der Waals surface area contributed by atoms with Gasteiger partial charge in [0.2, 0.25) is 5.91 Å². The molecule has 0 heterocycles. The lowest BCUT2D eigenvalue weighted by Gasteiger charge is -2.31. The van der Waals surface area contributed by atoms with Gasteiger partial charge in [0, 0.05) is 19.5 Å². The highest BCUT2D eigenvalue weighted by Crippen LogP contribution is 2.27. The van der Waals surface area contributed by atoms with Gasteiger partial charge in [-0.1, -0.05) is 84.9 Å². The van der Waals surface area contributed by atoms with Crippen LogP contribution < -0.4 is 19.5 Å². The third kappa shape index (κ3) is 8.60. The number of hydrogen-bond acceptors (Lipinski definition) is 5. The Balaban J connectivity index is 1.54. The van der Waals surface area contributed by atoms with Crippen molar-refractivity contribution < 1.29 is 23.8 Å². The number of nitrogens with one attached hydrogen (secondary N) is 1. The third-order valence-corrected chi connectivity index (χ3v) is 6.73. The summed E-state index contributed by atoms with van der Waals surface area (Å²) in [6.07, 6.45) is 0.959. The molecule has 0 saturated carbocycles. The maximum absolute atomic E-state index is 13.8. The van der Waals surface area contributed by atoms with Crippen LogP contribution >= 0.6 is 0 Å². The van der Waals surface area contributed by atoms with Crippen molar-refractivity contribution in [1.29, 1.82) is 0 Å². The standard InChI is InChI=1S/C34H36N2O5/c1-39-31-19-18-27(23-32(31)40-2)20-21-35-34(38)30(22-26-12-6-3-7-13-26)36(24-28-14-8-4-9-15-28)33(37)25-41-29-16-10-5-11-17-29/h3-19,23,30H,20-22,24-25H2,1-2H3,(H,35,38)/t30-/m1/s1. The zero-order chi connectivity index (χ0) is 28.9. The molecular weight excluding hydrogens is 516 g/mol. The van der Waals surface area contributed by atoms with Crippen molar-refractivity contribution in [2.45, 2.75) is 25.4 Å². The van der Waals surface area contributed by atoms with Gasteiger partial charge in [0.25, 0.3) is 5.91 Å². The van der Waals surface area contributed by atoms with Crippen LogP contribution in [0.4, 0.5) is 0 Å². The van der Waals surface area contributed by atoms with E-state index in [1.807, 2.05) is 97.1 Å². The number of benzene rings is 4. The van der Waals surface area contributed by atoms with Gasteiger partial charge in [-0.25, -0.2) is 0 Å². The zero-order valence-corrected chi connectivity index (χ0v) is 23.5. The largest absolute Gasteiger partial charge is 0.493 e. The monoisotopic (exact) mass is 552 g/mol. The number of carbonyl (C=O) groups is 2. The minimum Gasteiger partial charge on any atom is -0.493 e. The quantitative estimate of drug-likeness (QED) is 0.236. The average Bonchev–Trinajstić information content (AvgIpc) is 3.02. The van der Waals surface area contributed by atoms with E-state index in [9.17, 15) is 9.59 Å². The van der Waals surface area contributed by atoms with Crippen molar-refractivity contribution in [3.8, 4) is 17.2 Å². The molecule has 0 bridgehead atoms. The zero-order valence-electron chi connectivity index (χ0n) is 23.5. The fourth-order valence-electron chi connectivity index (χ4n) is 4.56. The van der Waals surface area contributed by atoms with E-state index in [4.69, 9.17) is 14.2 Å². The van der Waals surface area contributed by atoms with Gasteiger partial charge in [-0.15, -0.1) is 0 Å². The summed E-state index contributed by atoms with van der Waals surface area (Å²) >= 11 is 0. The summed E-state index contributed by atoms with van der Waals surface area (Å²) in [5.74, 6) is 1.39. The van der Waals surface area contributed by atoms with E-state index in [0.717, 1.165) is 16.7 Å². The molecular formula is C34H36N2O5. The van der Waals surface area contributed by atoms with Crippen LogP contribution in [0.15, 0.2) is 109 Å². The lowest BCUT2D eigenvalue weighted by molar-refractivity contribution is -0.142. The minimum absolute atomic E-state index is 0.180. The highest BCUT2D eigenvalue weighted by atomic mass is 16.5. The molecule has 41 heavy (non-hydrogen) atoms. The van der Waals surface area contributed by atoms with E-state index in [1.165, 1.54) is 0 Å². The van der Waals surface area contributed by atoms with Crippen molar-refractivity contribution >= 4 is 11.8 Å². The predicted octanol–water partition coefficient (Wildman–Crippen LogP) is 5.08. The summed E-state index contributed by atoms with van der Waals surface area (Å²) in [5, 5.41) is 3.07. The number of nitrogens with zero attached hydrogens (tertiary/aromatic N) is 1. The van der Waals surface area contributed by atoms with Crippen LogP contribution in [-0.2, 0) is 29.0 Å². The highest BCUT2D eigenvalue weighted by molar-refractivity contribution is 5.88. The number of carbonyl (C=O) groups excluding carboxylic acids is 2. The fourth-order valence-corrected chi connectivity index (χ4v) is 4.56. The lowest BCUT2D eigenvalue weighted by atomic mass is 10.0. The molecule has 0 aliphatic rings. The number of rotatable bonds is 14. The second-order valence-corrected chi connectivity index (χ2v) is 9.54. The molecule has 0 spiro atoms. The van der Waals surface area contributed by atoms with E-state index in [2.05, 4.69) is 5.32 Å². The molecule has 0 unspecified atom stereocenters. The van der Waals surface area contributed by atoms with Gasteiger partial charge in [-0.3, -0.25) is 9.59 Å². The van der Waals surface area contributed by atoms with Crippen molar-refractivity contribution in [3.05, 3.63) is 126 Å². The number of para-hydroxylation sites is 1. The van der Waals surface area contributed by atoms with Crippen LogP contribution in [-0.4, -0.2) is 50.1 Å². The van der Waals surface area contributed by atoms with Crippen LogP contribution in [0.2, 0.25) is 0 Å². The van der Waals surface area contributed by atoms with E-state index in [0.29, 0.717) is 36.6 Å². The summed E-state index contributed by atoms with van der Waals surface area (Å²) in [6.45, 7) is 0.493. The molecule has 212 valence electrons. The lowest BCUT2D eigenvalue weighted by Crippen LogP contribution is -2.52. The highest BCUT2D eigenvalue weighted by Gasteiger charge is 2.30. The molecule has 0 aliphatic heterocycles. The summed E-state index contributed by atoms with van der Waals surface area (Å²) in [7, 11) is 3.19. The smallest absolute Gasteiger partial charge is 0.261 e. The molecule has 0 aromatic heterocycles. The Bertz CT molecular complexity index is 1380. The molecule has 0 saturated heterocycles. The third-order valence-electron chi connectivity index (χ3n) is 6.73. The van der Waals surface area contributed by atoms with Gasteiger partial charge in [-0.05, 0) is 47.4 Å². The molecule has 1 N–H and O–H groups in total. The molecule has 4 aromatic carbocycles. The predicted molar refractivity (Wildman–Crippen MR) is 159 cm³/mol. The van der Waals surface area contributed by atoms with Crippen molar-refractivity contribution in [3.63, 3.8) is 0 Å². The Hall–Kier alpha value is -4.78. The Morgan fingerprint density at radius 3 is 1.98 bits per heavy atom. The minimum atomic E-state index is -0.741. The van der Waals surface area contributed by atoms with Gasteiger partial charge in [-0.2, -0.15) is 0 Å². The maximum atomic E-state index is 13.8. The fraction of sp³-hybridized carbons (Fsp3) is 0.235. The number of ether oxygens (including phenoxy) is 3. The Labute approximate surface area is 241 Å². The molecule has 4 aromatic rings. The second-order valence-electron chi connectivity index (χ2n) is 9.54. The molecule has 7 nitrogen and oxygen atoms in total. The van der Waals surface area contributed by atoms with Crippen LogP contribution in [0, 0.1) is 0 Å². The molecule has 2 amide bonds. The van der Waals surface area contributed by atoms with Crippen LogP contribution in [0.5, 0.6) is 17.2 Å². The molecule has 4 rings (SSSR count). The normalized spacial score (nSPS) is 11.3. The number of methoxy groups -OCH3 is 2. The van der Waals surface area contributed by atoms with Crippen LogP contribution in [0.25, 0.3) is 0 Å². The van der Waals surface area contributed by atoms with Crippen LogP contribution in [0.3, 0.4) is 0 Å². The van der Waals surface area contributed by atoms with E-state index < -0.39 is 6.04 Å². The SMILES string of the molecule is COc1ccc(CCNC(=O)[C@@H](Cc2ccccc2)N(Cc2ccccc2)C(=O)COc2ccccc2)cc1OC. The summed E-state index contributed by atoms with van der Waals surface area (Å²) in [6, 6.07) is 33.6. The number of amides is 2. The second kappa shape index (κ2) is 15.1. The first-order valence-electron chi connectivity index (χ1n) is 13.6. The van der Waals surface area contributed by atoms with Gasteiger partial charge in [0.15, 0.2) is 18.1 Å². The van der Waals surface area contributed by atoms with Gasteiger partial charge < -0.3 is 24.4 Å². The van der Waals surface area contributed by atoms with Crippen LogP contribution in [0.1, 0.15) is 16.7 Å². The first-order valence-corrected chi connectivity index (χ1v) is 13.6. The summed E-state index contributed by atoms with van der Waals surface area (Å²) in [4.78, 5) is 29.1. The number of hydrogen-bond donors (Lipinski definition) is 1. The molecule has 0 radical (unpaired) electrons. The molecule has 0 aliphatic carbocycles. The maximum Gasteiger partial charge on any atom is 0.261 e. The van der Waals surface area contributed by atoms with Gasteiger partial charge >= 0.3 is 0 Å². The Kier molecular flexibility index (Phi) is 10.8. The molecule has 1 atom stereocenters. The molecule has 7 heteroatoms.